The number of aryl methyl sites for hydroxylation is 1. The molecule has 0 saturated heterocycles. The van der Waals surface area contributed by atoms with E-state index in [2.05, 4.69) is 23.4 Å². The lowest BCUT2D eigenvalue weighted by Gasteiger charge is -1.98. The minimum Gasteiger partial charge on any atom is -0.312 e. The van der Waals surface area contributed by atoms with Crippen LogP contribution in [0.3, 0.4) is 0 Å². The van der Waals surface area contributed by atoms with Crippen molar-refractivity contribution in [1.29, 1.82) is 5.26 Å². The van der Waals surface area contributed by atoms with Crippen LogP contribution in [0.2, 0.25) is 0 Å². The van der Waals surface area contributed by atoms with Crippen molar-refractivity contribution >= 4 is 0 Å². The van der Waals surface area contributed by atoms with E-state index in [-0.39, 0.29) is 0 Å². The fourth-order valence-electron chi connectivity index (χ4n) is 1.23. The summed E-state index contributed by atoms with van der Waals surface area (Å²) < 4.78 is 1.95. The normalized spacial score (nSPS) is 10.0. The Hall–Kier alpha value is -1.34. The maximum Gasteiger partial charge on any atom is 0.0635 e. The first kappa shape index (κ1) is 10.7. The van der Waals surface area contributed by atoms with E-state index in [1.54, 1.807) is 0 Å². The average Bonchev–Trinajstić information content (AvgIpc) is 2.61. The van der Waals surface area contributed by atoms with Crippen LogP contribution in [0.15, 0.2) is 12.4 Å². The molecule has 1 N–H and O–H groups in total. The second-order valence-corrected chi connectivity index (χ2v) is 3.20. The fourth-order valence-corrected chi connectivity index (χ4v) is 1.23. The number of aromatic nitrogens is 2. The lowest BCUT2D eigenvalue weighted by Crippen LogP contribution is -2.13. The van der Waals surface area contributed by atoms with Gasteiger partial charge in [0.05, 0.1) is 12.3 Å². The molecule has 0 aliphatic carbocycles. The van der Waals surface area contributed by atoms with Crippen molar-refractivity contribution in [3.8, 4) is 6.07 Å². The second-order valence-electron chi connectivity index (χ2n) is 3.20. The molecule has 0 aliphatic rings. The highest BCUT2D eigenvalue weighted by molar-refractivity contribution is 5.03. The van der Waals surface area contributed by atoms with Crippen LogP contribution in [-0.2, 0) is 13.1 Å². The molecule has 1 rings (SSSR count). The molecule has 0 amide bonds. The molecule has 0 spiro atoms. The Kier molecular flexibility index (Phi) is 4.73. The van der Waals surface area contributed by atoms with E-state index in [1.165, 1.54) is 5.56 Å². The van der Waals surface area contributed by atoms with Crippen LogP contribution in [0.1, 0.15) is 25.3 Å². The first-order valence-corrected chi connectivity index (χ1v) is 4.95. The number of hydrogen-bond acceptors (Lipinski definition) is 3. The average molecular weight is 192 g/mol. The van der Waals surface area contributed by atoms with Crippen LogP contribution >= 0.6 is 0 Å². The highest BCUT2D eigenvalue weighted by atomic mass is 15.3. The summed E-state index contributed by atoms with van der Waals surface area (Å²) in [5.74, 6) is 0. The van der Waals surface area contributed by atoms with Gasteiger partial charge in [-0.3, -0.25) is 4.68 Å². The molecule has 0 bridgehead atoms. The van der Waals surface area contributed by atoms with E-state index in [0.717, 1.165) is 26.1 Å². The molecule has 0 aliphatic heterocycles. The Morgan fingerprint density at radius 3 is 3.21 bits per heavy atom. The first-order valence-electron chi connectivity index (χ1n) is 4.95. The van der Waals surface area contributed by atoms with Crippen molar-refractivity contribution in [2.75, 3.05) is 6.54 Å². The van der Waals surface area contributed by atoms with Crippen molar-refractivity contribution < 1.29 is 0 Å². The third kappa shape index (κ3) is 3.58. The quantitative estimate of drug-likeness (QED) is 0.691. The van der Waals surface area contributed by atoms with E-state index in [9.17, 15) is 0 Å². The summed E-state index contributed by atoms with van der Waals surface area (Å²) >= 11 is 0. The highest BCUT2D eigenvalue weighted by Gasteiger charge is 1.96. The van der Waals surface area contributed by atoms with Crippen LogP contribution in [0.4, 0.5) is 0 Å². The molecular weight excluding hydrogens is 176 g/mol. The SMILES string of the molecule is CCCn1cc(CNCCC#N)cn1. The zero-order chi connectivity index (χ0) is 10.2. The van der Waals surface area contributed by atoms with Gasteiger partial charge in [-0.05, 0) is 6.42 Å². The molecule has 0 atom stereocenters. The molecule has 0 unspecified atom stereocenters. The molecule has 14 heavy (non-hydrogen) atoms. The minimum atomic E-state index is 0.559. The topological polar surface area (TPSA) is 53.6 Å². The predicted molar refractivity (Wildman–Crippen MR) is 54.5 cm³/mol. The van der Waals surface area contributed by atoms with Crippen LogP contribution in [0.5, 0.6) is 0 Å². The van der Waals surface area contributed by atoms with E-state index >= 15 is 0 Å². The van der Waals surface area contributed by atoms with Crippen LogP contribution < -0.4 is 5.32 Å². The summed E-state index contributed by atoms with van der Waals surface area (Å²) in [6.45, 7) is 4.64. The summed E-state index contributed by atoms with van der Waals surface area (Å²) in [6, 6.07) is 2.10. The largest absolute Gasteiger partial charge is 0.312 e. The van der Waals surface area contributed by atoms with Gasteiger partial charge in [-0.2, -0.15) is 10.4 Å². The van der Waals surface area contributed by atoms with Gasteiger partial charge in [0.2, 0.25) is 0 Å². The van der Waals surface area contributed by atoms with Crippen molar-refractivity contribution in [2.24, 2.45) is 0 Å². The minimum absolute atomic E-state index is 0.559. The van der Waals surface area contributed by atoms with Gasteiger partial charge in [-0.1, -0.05) is 6.92 Å². The van der Waals surface area contributed by atoms with Gasteiger partial charge in [0.25, 0.3) is 0 Å². The Morgan fingerprint density at radius 1 is 1.64 bits per heavy atom. The van der Waals surface area contributed by atoms with Gasteiger partial charge in [-0.15, -0.1) is 0 Å². The molecule has 1 heterocycles. The number of nitrogens with zero attached hydrogens (tertiary/aromatic N) is 3. The monoisotopic (exact) mass is 192 g/mol. The third-order valence-corrected chi connectivity index (χ3v) is 1.88. The lowest BCUT2D eigenvalue weighted by molar-refractivity contribution is 0.601. The van der Waals surface area contributed by atoms with Gasteiger partial charge in [0.1, 0.15) is 0 Å². The van der Waals surface area contributed by atoms with Crippen LogP contribution in [0.25, 0.3) is 0 Å². The Balaban J connectivity index is 2.26. The molecule has 4 heteroatoms. The van der Waals surface area contributed by atoms with Crippen molar-refractivity contribution in [2.45, 2.75) is 32.9 Å². The van der Waals surface area contributed by atoms with Crippen LogP contribution in [0, 0.1) is 11.3 Å². The Labute approximate surface area is 84.5 Å². The third-order valence-electron chi connectivity index (χ3n) is 1.88. The zero-order valence-corrected chi connectivity index (χ0v) is 8.53. The molecule has 76 valence electrons. The lowest BCUT2D eigenvalue weighted by atomic mass is 10.3. The molecule has 0 fully saturated rings. The van der Waals surface area contributed by atoms with E-state index < -0.39 is 0 Å². The summed E-state index contributed by atoms with van der Waals surface area (Å²) in [5, 5.41) is 15.7. The van der Waals surface area contributed by atoms with E-state index in [4.69, 9.17) is 5.26 Å². The van der Waals surface area contributed by atoms with Crippen LogP contribution in [-0.4, -0.2) is 16.3 Å². The summed E-state index contributed by atoms with van der Waals surface area (Å²) in [6.07, 6.45) is 5.57. The van der Waals surface area contributed by atoms with Gasteiger partial charge in [0.15, 0.2) is 0 Å². The van der Waals surface area contributed by atoms with Gasteiger partial charge in [0, 0.05) is 37.8 Å². The molecule has 0 saturated carbocycles. The standard InChI is InChI=1S/C10H16N4/c1-2-6-14-9-10(8-13-14)7-12-5-3-4-11/h8-9,12H,2-3,5-7H2,1H3. The molecule has 0 aromatic carbocycles. The van der Waals surface area contributed by atoms with Gasteiger partial charge < -0.3 is 5.32 Å². The number of nitriles is 1. The summed E-state index contributed by atoms with van der Waals surface area (Å²) in [5.41, 5.74) is 1.18. The van der Waals surface area contributed by atoms with Crippen molar-refractivity contribution in [3.63, 3.8) is 0 Å². The summed E-state index contributed by atoms with van der Waals surface area (Å²) in [4.78, 5) is 0. The maximum absolute atomic E-state index is 8.33. The number of nitrogens with one attached hydrogen (secondary N) is 1. The van der Waals surface area contributed by atoms with E-state index in [1.807, 2.05) is 17.1 Å². The maximum atomic E-state index is 8.33. The Morgan fingerprint density at radius 2 is 2.50 bits per heavy atom. The summed E-state index contributed by atoms with van der Waals surface area (Å²) in [7, 11) is 0. The molecule has 1 aromatic rings. The van der Waals surface area contributed by atoms with Gasteiger partial charge in [-0.25, -0.2) is 0 Å². The molecule has 1 aromatic heterocycles. The smallest absolute Gasteiger partial charge is 0.0635 e. The highest BCUT2D eigenvalue weighted by Crippen LogP contribution is 1.97. The van der Waals surface area contributed by atoms with Gasteiger partial charge >= 0.3 is 0 Å². The second kappa shape index (κ2) is 6.17. The van der Waals surface area contributed by atoms with Crippen molar-refractivity contribution in [3.05, 3.63) is 18.0 Å². The zero-order valence-electron chi connectivity index (χ0n) is 8.53. The molecule has 0 radical (unpaired) electrons. The number of rotatable bonds is 6. The Bertz CT molecular complexity index is 297. The fraction of sp³-hybridized carbons (Fsp3) is 0.600. The number of hydrogen-bond donors (Lipinski definition) is 1. The first-order chi connectivity index (χ1) is 6.86. The molecular formula is C10H16N4. The molecule has 4 nitrogen and oxygen atoms in total. The predicted octanol–water partition coefficient (Wildman–Crippen LogP) is 1.30. The van der Waals surface area contributed by atoms with E-state index in [0.29, 0.717) is 6.42 Å². The van der Waals surface area contributed by atoms with Crippen molar-refractivity contribution in [1.82, 2.24) is 15.1 Å².